The van der Waals surface area contributed by atoms with Crippen molar-refractivity contribution in [1.82, 2.24) is 19.7 Å². The molecule has 0 spiro atoms. The van der Waals surface area contributed by atoms with Crippen LogP contribution in [0.15, 0.2) is 41.2 Å². The number of hydrogen-bond donors (Lipinski definition) is 0. The number of fused-ring (bicyclic) bond motifs is 1. The Bertz CT molecular complexity index is 1330. The fourth-order valence-corrected chi connectivity index (χ4v) is 3.21. The number of benzene rings is 1. The van der Waals surface area contributed by atoms with Crippen LogP contribution in [0, 0.1) is 11.3 Å². The van der Waals surface area contributed by atoms with Crippen molar-refractivity contribution in [2.24, 2.45) is 7.05 Å². The predicted molar refractivity (Wildman–Crippen MR) is 109 cm³/mol. The zero-order valence-electron chi connectivity index (χ0n) is 17.4. The molecule has 0 bridgehead atoms. The summed E-state index contributed by atoms with van der Waals surface area (Å²) in [7, 11) is 1.73. The first kappa shape index (κ1) is 21.4. The number of halogens is 3. The van der Waals surface area contributed by atoms with E-state index >= 15 is 0 Å². The van der Waals surface area contributed by atoms with Crippen molar-refractivity contribution in [3.63, 3.8) is 0 Å². The van der Waals surface area contributed by atoms with Crippen molar-refractivity contribution < 1.29 is 22.4 Å². The number of hydrogen-bond acceptors (Lipinski definition) is 6. The third kappa shape index (κ3) is 4.01. The molecule has 0 aliphatic heterocycles. The molecule has 3 aromatic heterocycles. The quantitative estimate of drug-likeness (QED) is 0.422. The molecular weight excluding hydrogens is 423 g/mol. The summed E-state index contributed by atoms with van der Waals surface area (Å²) in [4.78, 5) is 8.33. The molecule has 7 nitrogen and oxygen atoms in total. The average molecular weight is 441 g/mol. The fourth-order valence-electron chi connectivity index (χ4n) is 3.21. The third-order valence-electron chi connectivity index (χ3n) is 4.92. The molecule has 0 amide bonds. The van der Waals surface area contributed by atoms with Crippen LogP contribution in [0.5, 0.6) is 5.75 Å². The predicted octanol–water partition coefficient (Wildman–Crippen LogP) is 5.22. The van der Waals surface area contributed by atoms with Gasteiger partial charge >= 0.3 is 6.18 Å². The second-order valence-electron chi connectivity index (χ2n) is 7.56. The number of ether oxygens (including phenoxy) is 1. The van der Waals surface area contributed by atoms with Crippen LogP contribution in [0.1, 0.15) is 42.5 Å². The van der Waals surface area contributed by atoms with Gasteiger partial charge in [-0.1, -0.05) is 19.0 Å². The number of imidazole rings is 1. The van der Waals surface area contributed by atoms with Crippen LogP contribution in [0.4, 0.5) is 13.2 Å². The Morgan fingerprint density at radius 3 is 2.66 bits per heavy atom. The van der Waals surface area contributed by atoms with Crippen LogP contribution < -0.4 is 4.74 Å². The fraction of sp³-hybridized carbons (Fsp3) is 0.273. The summed E-state index contributed by atoms with van der Waals surface area (Å²) in [6.07, 6.45) is -3.14. The lowest BCUT2D eigenvalue weighted by atomic mass is 10.1. The van der Waals surface area contributed by atoms with Crippen LogP contribution in [-0.2, 0) is 19.8 Å². The topological polar surface area (TPSA) is 89.8 Å². The summed E-state index contributed by atoms with van der Waals surface area (Å²) in [6.45, 7) is 3.66. The van der Waals surface area contributed by atoms with E-state index in [1.807, 2.05) is 19.9 Å². The first-order valence-electron chi connectivity index (χ1n) is 9.69. The molecule has 0 fully saturated rings. The summed E-state index contributed by atoms with van der Waals surface area (Å²) in [5.41, 5.74) is 0.899. The summed E-state index contributed by atoms with van der Waals surface area (Å²) < 4.78 is 53.6. The third-order valence-corrected chi connectivity index (χ3v) is 4.92. The zero-order chi connectivity index (χ0) is 23.0. The van der Waals surface area contributed by atoms with Crippen molar-refractivity contribution in [3.05, 3.63) is 59.4 Å². The van der Waals surface area contributed by atoms with Gasteiger partial charge in [0.1, 0.15) is 35.4 Å². The van der Waals surface area contributed by atoms with Crippen molar-refractivity contribution in [1.29, 1.82) is 5.26 Å². The minimum absolute atomic E-state index is 0.0407. The molecule has 0 saturated carbocycles. The van der Waals surface area contributed by atoms with Gasteiger partial charge < -0.3 is 13.8 Å². The molecule has 0 unspecified atom stereocenters. The van der Waals surface area contributed by atoms with Gasteiger partial charge in [0.15, 0.2) is 5.69 Å². The highest BCUT2D eigenvalue weighted by molar-refractivity contribution is 5.84. The number of nitrogens with zero attached hydrogens (tertiary/aromatic N) is 5. The Morgan fingerprint density at radius 2 is 2.00 bits per heavy atom. The summed E-state index contributed by atoms with van der Waals surface area (Å²) in [5.74, 6) is 0.390. The first-order chi connectivity index (χ1) is 15.2. The van der Waals surface area contributed by atoms with Crippen molar-refractivity contribution in [2.45, 2.75) is 32.5 Å². The molecule has 4 rings (SSSR count). The lowest BCUT2D eigenvalue weighted by Crippen LogP contribution is -2.09. The lowest BCUT2D eigenvalue weighted by molar-refractivity contribution is -0.139. The lowest BCUT2D eigenvalue weighted by Gasteiger charge is -2.15. The first-order valence-corrected chi connectivity index (χ1v) is 9.69. The van der Waals surface area contributed by atoms with Gasteiger partial charge in [-0.25, -0.2) is 9.97 Å². The molecule has 10 heteroatoms. The summed E-state index contributed by atoms with van der Waals surface area (Å²) >= 11 is 0. The molecule has 32 heavy (non-hydrogen) atoms. The van der Waals surface area contributed by atoms with Crippen LogP contribution >= 0.6 is 0 Å². The van der Waals surface area contributed by atoms with Crippen LogP contribution in [0.3, 0.4) is 0 Å². The SMILES string of the molecule is CC(C)c1cc(COc2ccc(-c3cc4c(ncn4C)c(C#N)n3)cc2C(F)(F)F)no1. The highest BCUT2D eigenvalue weighted by atomic mass is 19.4. The second kappa shape index (κ2) is 8.00. The standard InChI is InChI=1S/C22H18F3N5O2/c1-12(2)20-7-14(29-32-20)10-31-19-5-4-13(6-15(19)22(23,24)25)16-8-18-21(17(9-26)28-16)27-11-30(18)3/h4-8,11-12H,10H2,1-3H3. The van der Waals surface area contributed by atoms with Crippen molar-refractivity contribution in [2.75, 3.05) is 0 Å². The van der Waals surface area contributed by atoms with Crippen molar-refractivity contribution in [3.8, 4) is 23.1 Å². The van der Waals surface area contributed by atoms with Gasteiger partial charge in [-0.15, -0.1) is 0 Å². The van der Waals surface area contributed by atoms with Gasteiger partial charge in [-0.05, 0) is 24.3 Å². The van der Waals surface area contributed by atoms with E-state index in [4.69, 9.17) is 9.26 Å². The number of rotatable bonds is 5. The molecule has 3 heterocycles. The van der Waals surface area contributed by atoms with Gasteiger partial charge in [-0.3, -0.25) is 0 Å². The molecule has 4 aromatic rings. The number of pyridine rings is 1. The molecule has 0 radical (unpaired) electrons. The molecule has 164 valence electrons. The Morgan fingerprint density at radius 1 is 1.22 bits per heavy atom. The van der Waals surface area contributed by atoms with Gasteiger partial charge in [0, 0.05) is 24.6 Å². The summed E-state index contributed by atoms with van der Waals surface area (Å²) in [5, 5.41) is 13.2. The minimum atomic E-state index is -4.66. The molecule has 0 aliphatic rings. The van der Waals surface area contributed by atoms with E-state index in [9.17, 15) is 18.4 Å². The van der Waals surface area contributed by atoms with Gasteiger partial charge in [-0.2, -0.15) is 18.4 Å². The zero-order valence-corrected chi connectivity index (χ0v) is 17.4. The Balaban J connectivity index is 1.70. The van der Waals surface area contributed by atoms with Crippen LogP contribution in [0.25, 0.3) is 22.3 Å². The van der Waals surface area contributed by atoms with E-state index in [2.05, 4.69) is 15.1 Å². The number of nitriles is 1. The van der Waals surface area contributed by atoms with E-state index in [1.165, 1.54) is 18.5 Å². The largest absolute Gasteiger partial charge is 0.487 e. The van der Waals surface area contributed by atoms with Crippen molar-refractivity contribution >= 4 is 11.0 Å². The van der Waals surface area contributed by atoms with Gasteiger partial charge in [0.25, 0.3) is 0 Å². The number of aromatic nitrogens is 4. The highest BCUT2D eigenvalue weighted by Gasteiger charge is 2.35. The van der Waals surface area contributed by atoms with E-state index in [-0.39, 0.29) is 35.2 Å². The molecular formula is C22H18F3N5O2. The minimum Gasteiger partial charge on any atom is -0.487 e. The van der Waals surface area contributed by atoms with E-state index in [1.54, 1.807) is 23.7 Å². The maximum absolute atomic E-state index is 13.8. The van der Waals surface area contributed by atoms with E-state index < -0.39 is 11.7 Å². The molecule has 0 atom stereocenters. The van der Waals surface area contributed by atoms with Gasteiger partial charge in [0.2, 0.25) is 0 Å². The van der Waals surface area contributed by atoms with Crippen LogP contribution in [-0.4, -0.2) is 19.7 Å². The normalized spacial score (nSPS) is 11.8. The van der Waals surface area contributed by atoms with E-state index in [0.29, 0.717) is 22.5 Å². The summed E-state index contributed by atoms with van der Waals surface area (Å²) in [6, 6.07) is 8.87. The Hall–Kier alpha value is -3.87. The maximum atomic E-state index is 13.8. The number of aryl methyl sites for hydroxylation is 1. The monoisotopic (exact) mass is 441 g/mol. The smallest absolute Gasteiger partial charge is 0.419 e. The van der Waals surface area contributed by atoms with E-state index in [0.717, 1.165) is 6.07 Å². The Labute approximate surface area is 181 Å². The average Bonchev–Trinajstić information content (AvgIpc) is 3.38. The number of alkyl halides is 3. The maximum Gasteiger partial charge on any atom is 0.419 e. The van der Waals surface area contributed by atoms with Crippen LogP contribution in [0.2, 0.25) is 0 Å². The molecule has 1 aromatic carbocycles. The second-order valence-corrected chi connectivity index (χ2v) is 7.56. The molecule has 0 N–H and O–H groups in total. The Kier molecular flexibility index (Phi) is 5.34. The molecule has 0 saturated heterocycles. The molecule has 0 aliphatic carbocycles. The highest BCUT2D eigenvalue weighted by Crippen LogP contribution is 2.39. The van der Waals surface area contributed by atoms with Gasteiger partial charge in [0.05, 0.1) is 23.1 Å².